The monoisotopic (exact) mass is 490 g/mol. The van der Waals surface area contributed by atoms with E-state index in [9.17, 15) is 28.8 Å². The first-order valence-electron chi connectivity index (χ1n) is 10.8. The van der Waals surface area contributed by atoms with Crippen LogP contribution in [0.4, 0.5) is 11.4 Å². The lowest BCUT2D eigenvalue weighted by Crippen LogP contribution is -2.34. The van der Waals surface area contributed by atoms with Crippen LogP contribution in [-0.2, 0) is 19.1 Å². The molecule has 0 atom stereocenters. The van der Waals surface area contributed by atoms with Gasteiger partial charge < -0.3 is 9.47 Å². The number of hydrogen-bond donors (Lipinski definition) is 0. The maximum Gasteiger partial charge on any atom is 0.261 e. The van der Waals surface area contributed by atoms with Gasteiger partial charge in [-0.3, -0.25) is 29.0 Å². The molecule has 12 nitrogen and oxygen atoms in total. The first-order valence-corrected chi connectivity index (χ1v) is 10.8. The Morgan fingerprint density at radius 3 is 1.36 bits per heavy atom. The molecular weight excluding hydrogens is 472 g/mol. The Balaban J connectivity index is 1.17. The highest BCUT2D eigenvalue weighted by molar-refractivity contribution is 6.22. The van der Waals surface area contributed by atoms with Crippen LogP contribution in [0.3, 0.4) is 0 Å². The first kappa shape index (κ1) is 24.5. The predicted molar refractivity (Wildman–Crippen MR) is 121 cm³/mol. The van der Waals surface area contributed by atoms with E-state index < -0.39 is 23.6 Å². The second-order valence-corrected chi connectivity index (χ2v) is 7.61. The molecule has 0 fully saturated rings. The van der Waals surface area contributed by atoms with E-state index in [1.54, 1.807) is 0 Å². The molecule has 0 N–H and O–H groups in total. The van der Waals surface area contributed by atoms with Crippen molar-refractivity contribution in [2.24, 2.45) is 9.98 Å². The highest BCUT2D eigenvalue weighted by atomic mass is 16.5. The average Bonchev–Trinajstić information content (AvgIpc) is 3.25. The smallest absolute Gasteiger partial charge is 0.261 e. The van der Waals surface area contributed by atoms with Gasteiger partial charge in [-0.25, -0.2) is 9.59 Å². The van der Waals surface area contributed by atoms with Crippen molar-refractivity contribution in [2.75, 3.05) is 39.5 Å². The maximum absolute atomic E-state index is 12.5. The fraction of sp³-hybridized carbons (Fsp3) is 0.250. The molecule has 12 heteroatoms. The summed E-state index contributed by atoms with van der Waals surface area (Å²) < 4.78 is 10.8. The summed E-state index contributed by atoms with van der Waals surface area (Å²) in [5.41, 5.74) is 1.26. The number of nitrogens with zero attached hydrogens (tertiary/aromatic N) is 4. The lowest BCUT2D eigenvalue weighted by Gasteiger charge is -2.15. The Kier molecular flexibility index (Phi) is 7.33. The number of rotatable bonds is 11. The number of carbonyl (C=O) groups is 4. The topological polar surface area (TPSA) is 152 Å². The van der Waals surface area contributed by atoms with Crippen LogP contribution in [0.2, 0.25) is 0 Å². The minimum absolute atomic E-state index is 0.0316. The van der Waals surface area contributed by atoms with Gasteiger partial charge in [-0.15, -0.1) is 0 Å². The highest BCUT2D eigenvalue weighted by Crippen LogP contribution is 2.27. The lowest BCUT2D eigenvalue weighted by atomic mass is 10.1. The zero-order valence-electron chi connectivity index (χ0n) is 18.8. The minimum Gasteiger partial charge on any atom is -0.377 e. The van der Waals surface area contributed by atoms with Gasteiger partial charge in [0.1, 0.15) is 0 Å². The van der Waals surface area contributed by atoms with Gasteiger partial charge in [-0.05, 0) is 36.4 Å². The Morgan fingerprint density at radius 2 is 0.972 bits per heavy atom. The molecule has 0 spiro atoms. The second-order valence-electron chi connectivity index (χ2n) is 7.61. The summed E-state index contributed by atoms with van der Waals surface area (Å²) in [5, 5.41) is 0. The number of imide groups is 2. The first-order chi connectivity index (χ1) is 17.5. The van der Waals surface area contributed by atoms with Gasteiger partial charge in [0.15, 0.2) is 0 Å². The van der Waals surface area contributed by atoms with E-state index in [0.717, 1.165) is 9.80 Å². The lowest BCUT2D eigenvalue weighted by molar-refractivity contribution is 0.0285. The van der Waals surface area contributed by atoms with Gasteiger partial charge >= 0.3 is 0 Å². The molecule has 4 rings (SSSR count). The molecule has 0 saturated carbocycles. The molecule has 0 saturated heterocycles. The number of benzene rings is 2. The van der Waals surface area contributed by atoms with E-state index >= 15 is 0 Å². The average molecular weight is 490 g/mol. The summed E-state index contributed by atoms with van der Waals surface area (Å²) in [5.74, 6) is -1.90. The molecule has 2 heterocycles. The molecule has 2 aliphatic rings. The van der Waals surface area contributed by atoms with Crippen LogP contribution in [-0.4, -0.2) is 85.1 Å². The number of amides is 4. The van der Waals surface area contributed by atoms with Gasteiger partial charge in [0, 0.05) is 0 Å². The van der Waals surface area contributed by atoms with Gasteiger partial charge in [0.2, 0.25) is 12.2 Å². The van der Waals surface area contributed by atoms with E-state index in [-0.39, 0.29) is 73.1 Å². The molecule has 0 aliphatic carbocycles. The van der Waals surface area contributed by atoms with E-state index in [2.05, 4.69) is 9.98 Å². The van der Waals surface area contributed by atoms with Crippen molar-refractivity contribution >= 4 is 47.2 Å². The van der Waals surface area contributed by atoms with Crippen molar-refractivity contribution in [2.45, 2.75) is 0 Å². The van der Waals surface area contributed by atoms with Crippen molar-refractivity contribution in [3.8, 4) is 0 Å². The summed E-state index contributed by atoms with van der Waals surface area (Å²) in [6.07, 6.45) is 2.78. The summed E-state index contributed by atoms with van der Waals surface area (Å²) in [4.78, 5) is 79.6. The number of aliphatic imine (C=N–C) groups is 2. The molecule has 2 aromatic carbocycles. The molecule has 2 aromatic rings. The quantitative estimate of drug-likeness (QED) is 0.199. The van der Waals surface area contributed by atoms with Crippen molar-refractivity contribution in [3.63, 3.8) is 0 Å². The fourth-order valence-electron chi connectivity index (χ4n) is 3.84. The SMILES string of the molecule is O=C=Nc1ccc2c(c1)C(=O)N(CCOCCOCCN1C(=O)c3ccc(N=C=O)cc3C1=O)C2=O. The number of ether oxygens (including phenoxy) is 2. The zero-order valence-corrected chi connectivity index (χ0v) is 18.8. The number of hydrogen-bond acceptors (Lipinski definition) is 10. The van der Waals surface area contributed by atoms with Crippen molar-refractivity contribution in [1.29, 1.82) is 0 Å². The van der Waals surface area contributed by atoms with Crippen LogP contribution in [0.1, 0.15) is 41.4 Å². The second kappa shape index (κ2) is 10.8. The Hall–Kier alpha value is -4.60. The number of carbonyl (C=O) groups excluding carboxylic acids is 6. The van der Waals surface area contributed by atoms with Crippen molar-refractivity contribution in [1.82, 2.24) is 9.80 Å². The van der Waals surface area contributed by atoms with E-state index in [1.807, 2.05) is 0 Å². The minimum atomic E-state index is -0.496. The molecular formula is C24H18N4O8. The van der Waals surface area contributed by atoms with E-state index in [1.165, 1.54) is 48.6 Å². The predicted octanol–water partition coefficient (Wildman–Crippen LogP) is 1.55. The molecule has 182 valence electrons. The van der Waals surface area contributed by atoms with Crippen LogP contribution < -0.4 is 0 Å². The van der Waals surface area contributed by atoms with Crippen LogP contribution in [0.5, 0.6) is 0 Å². The van der Waals surface area contributed by atoms with Crippen LogP contribution in [0, 0.1) is 0 Å². The summed E-state index contributed by atoms with van der Waals surface area (Å²) in [7, 11) is 0. The molecule has 36 heavy (non-hydrogen) atoms. The van der Waals surface area contributed by atoms with E-state index in [0.29, 0.717) is 0 Å². The third-order valence-electron chi connectivity index (χ3n) is 5.55. The summed E-state index contributed by atoms with van der Waals surface area (Å²) in [6.45, 7) is 0.553. The molecule has 0 aromatic heterocycles. The molecule has 4 amide bonds. The summed E-state index contributed by atoms with van der Waals surface area (Å²) in [6, 6.07) is 8.50. The van der Waals surface area contributed by atoms with Crippen molar-refractivity contribution in [3.05, 3.63) is 58.7 Å². The Morgan fingerprint density at radius 1 is 0.583 bits per heavy atom. The molecule has 2 aliphatic heterocycles. The van der Waals surface area contributed by atoms with Gasteiger partial charge in [0.05, 0.1) is 73.1 Å². The van der Waals surface area contributed by atoms with Crippen molar-refractivity contribution < 1.29 is 38.2 Å². The summed E-state index contributed by atoms with van der Waals surface area (Å²) >= 11 is 0. The molecule has 0 unspecified atom stereocenters. The highest BCUT2D eigenvalue weighted by Gasteiger charge is 2.36. The fourth-order valence-corrected chi connectivity index (χ4v) is 3.84. The van der Waals surface area contributed by atoms with Crippen LogP contribution in [0.15, 0.2) is 46.4 Å². The van der Waals surface area contributed by atoms with E-state index in [4.69, 9.17) is 9.47 Å². The zero-order chi connectivity index (χ0) is 25.7. The molecule has 0 bridgehead atoms. The van der Waals surface area contributed by atoms with Gasteiger partial charge in [-0.2, -0.15) is 9.98 Å². The molecule has 0 radical (unpaired) electrons. The Labute approximate surface area is 203 Å². The standard InChI is InChI=1S/C24H18N4O8/c29-13-25-15-1-3-17-19(11-15)23(33)27(21(17)31)5-7-35-9-10-36-8-6-28-22(32)18-4-2-16(26-14-30)12-20(18)24(28)34/h1-4,11-12H,5-10H2. The van der Waals surface area contributed by atoms with Gasteiger partial charge in [-0.1, -0.05) is 0 Å². The maximum atomic E-state index is 12.5. The van der Waals surface area contributed by atoms with Crippen LogP contribution in [0.25, 0.3) is 0 Å². The largest absolute Gasteiger partial charge is 0.377 e. The number of fused-ring (bicyclic) bond motifs is 2. The van der Waals surface area contributed by atoms with Gasteiger partial charge in [0.25, 0.3) is 23.6 Å². The van der Waals surface area contributed by atoms with Crippen LogP contribution >= 0.6 is 0 Å². The number of isocyanates is 2. The Bertz CT molecular complexity index is 1250. The normalized spacial score (nSPS) is 14.0. The third kappa shape index (κ3) is 4.78. The third-order valence-corrected chi connectivity index (χ3v) is 5.55.